The summed E-state index contributed by atoms with van der Waals surface area (Å²) in [5.41, 5.74) is 1.80. The fourth-order valence-electron chi connectivity index (χ4n) is 7.18. The van der Waals surface area contributed by atoms with Crippen molar-refractivity contribution in [1.82, 2.24) is 15.3 Å². The van der Waals surface area contributed by atoms with E-state index >= 15 is 0 Å². The fraction of sp³-hybridized carbons (Fsp3) is 0.513. The molecule has 13 heteroatoms. The molecule has 0 saturated carbocycles. The monoisotopic (exact) mass is 731 g/mol. The van der Waals surface area contributed by atoms with Crippen LogP contribution in [0.1, 0.15) is 100 Å². The Kier molecular flexibility index (Phi) is 11.5. The molecule has 2 aromatic carbocycles. The van der Waals surface area contributed by atoms with Crippen LogP contribution in [0.3, 0.4) is 0 Å². The van der Waals surface area contributed by atoms with Crippen molar-refractivity contribution in [2.24, 2.45) is 5.41 Å². The molecule has 0 atom stereocenters. The first kappa shape index (κ1) is 38.9. The molecular weight excluding hydrogens is 684 g/mol. The second-order valence-corrected chi connectivity index (χ2v) is 15.0. The molecule has 5 rings (SSSR count). The second-order valence-electron chi connectivity index (χ2n) is 15.0. The highest BCUT2D eigenvalue weighted by molar-refractivity contribution is 5.75. The number of amides is 1. The fourth-order valence-corrected chi connectivity index (χ4v) is 7.18. The second kappa shape index (κ2) is 15.4. The molecule has 7 nitrogen and oxygen atoms in total. The van der Waals surface area contributed by atoms with Crippen molar-refractivity contribution in [3.8, 4) is 5.75 Å². The Morgan fingerprint density at radius 2 is 1.60 bits per heavy atom. The topological polar surface area (TPSA) is 70.6 Å². The number of benzene rings is 2. The summed E-state index contributed by atoms with van der Waals surface area (Å²) < 4.78 is 89.3. The number of aromatic nitrogens is 2. The number of allylic oxidation sites excluding steroid dienone is 1. The van der Waals surface area contributed by atoms with Gasteiger partial charge in [-0.1, -0.05) is 33.8 Å². The predicted molar refractivity (Wildman–Crippen MR) is 190 cm³/mol. The Morgan fingerprint density at radius 3 is 2.13 bits per heavy atom. The van der Waals surface area contributed by atoms with Gasteiger partial charge >= 0.3 is 12.4 Å². The molecule has 52 heavy (non-hydrogen) atoms. The van der Waals surface area contributed by atoms with Gasteiger partial charge in [0.15, 0.2) is 0 Å². The third kappa shape index (κ3) is 9.57. The maximum Gasteiger partial charge on any atom is 0.416 e. The summed E-state index contributed by atoms with van der Waals surface area (Å²) >= 11 is 0. The smallest absolute Gasteiger partial charge is 0.416 e. The van der Waals surface area contributed by atoms with Crippen LogP contribution in [0.25, 0.3) is 5.57 Å². The molecule has 2 heterocycles. The van der Waals surface area contributed by atoms with Gasteiger partial charge in [0.2, 0.25) is 11.9 Å². The van der Waals surface area contributed by atoms with Gasteiger partial charge in [-0.05, 0) is 96.0 Å². The Hall–Kier alpha value is -4.29. The first-order chi connectivity index (χ1) is 24.3. The number of nitrogens with zero attached hydrogens (tertiary/aromatic N) is 4. The Labute approximate surface area is 301 Å². The number of anilines is 2. The van der Waals surface area contributed by atoms with Gasteiger partial charge in [0.25, 0.3) is 0 Å². The van der Waals surface area contributed by atoms with Crippen molar-refractivity contribution in [3.63, 3.8) is 0 Å². The maximum atomic E-state index is 13.9. The lowest BCUT2D eigenvalue weighted by Crippen LogP contribution is -2.44. The van der Waals surface area contributed by atoms with E-state index in [0.29, 0.717) is 31.7 Å². The van der Waals surface area contributed by atoms with Crippen molar-refractivity contribution < 1.29 is 35.9 Å². The van der Waals surface area contributed by atoms with E-state index in [0.717, 1.165) is 59.4 Å². The van der Waals surface area contributed by atoms with E-state index in [2.05, 4.69) is 53.9 Å². The van der Waals surface area contributed by atoms with E-state index in [1.165, 1.54) is 6.92 Å². The average Bonchev–Trinajstić information content (AvgIpc) is 3.07. The van der Waals surface area contributed by atoms with Gasteiger partial charge in [0.05, 0.1) is 36.3 Å². The molecule has 2 aliphatic rings. The summed E-state index contributed by atoms with van der Waals surface area (Å²) in [5, 5.41) is 2.95. The summed E-state index contributed by atoms with van der Waals surface area (Å²) in [6, 6.07) is 7.83. The van der Waals surface area contributed by atoms with Gasteiger partial charge in [0, 0.05) is 44.7 Å². The van der Waals surface area contributed by atoms with Crippen LogP contribution in [0, 0.1) is 5.41 Å². The van der Waals surface area contributed by atoms with Gasteiger partial charge < -0.3 is 19.9 Å². The van der Waals surface area contributed by atoms with E-state index in [1.54, 1.807) is 24.4 Å². The third-order valence-electron chi connectivity index (χ3n) is 9.96. The van der Waals surface area contributed by atoms with Crippen molar-refractivity contribution in [3.05, 3.63) is 82.2 Å². The maximum absolute atomic E-state index is 13.9. The Morgan fingerprint density at radius 1 is 0.981 bits per heavy atom. The zero-order valence-electron chi connectivity index (χ0n) is 30.5. The summed E-state index contributed by atoms with van der Waals surface area (Å²) in [4.78, 5) is 24.6. The number of piperidine rings is 1. The van der Waals surface area contributed by atoms with Crippen LogP contribution in [0.15, 0.2) is 54.4 Å². The van der Waals surface area contributed by atoms with Crippen LogP contribution < -0.4 is 19.9 Å². The molecule has 1 fully saturated rings. The molecule has 1 N–H and O–H groups in total. The molecule has 1 saturated heterocycles. The largest absolute Gasteiger partial charge is 0.496 e. The lowest BCUT2D eigenvalue weighted by Gasteiger charge is -2.36. The number of hydrogen-bond acceptors (Lipinski definition) is 6. The minimum Gasteiger partial charge on any atom is -0.496 e. The predicted octanol–water partition coefficient (Wildman–Crippen LogP) is 9.42. The Balaban J connectivity index is 1.58. The standard InChI is InChI=1S/C39H47F6N5O2/c1-24(2)27-7-8-35(52-6)34(17-27)33-9-12-37(4,5)19-28(33)23-50(22-26-15-29(38(40,41)42)18-30(16-26)39(43,44)45)36-46-20-32(21-47-36)49-13-10-31(11-14-49)48-25(3)51/h7-8,15-18,20-21,24,31H,9-14,19,22-23H2,1-6H3,(H,48,51). The molecule has 1 aliphatic carbocycles. The molecule has 0 spiro atoms. The quantitative estimate of drug-likeness (QED) is 0.210. The molecule has 3 aromatic rings. The van der Waals surface area contributed by atoms with Gasteiger partial charge in [-0.3, -0.25) is 4.79 Å². The van der Waals surface area contributed by atoms with Crippen LogP contribution in [0.2, 0.25) is 0 Å². The number of alkyl halides is 6. The highest BCUT2D eigenvalue weighted by atomic mass is 19.4. The highest BCUT2D eigenvalue weighted by Crippen LogP contribution is 2.46. The molecule has 0 radical (unpaired) electrons. The van der Waals surface area contributed by atoms with Crippen molar-refractivity contribution >= 4 is 23.1 Å². The number of ether oxygens (including phenoxy) is 1. The number of methoxy groups -OCH3 is 1. The molecule has 1 aliphatic heterocycles. The van der Waals surface area contributed by atoms with Crippen molar-refractivity contribution in [2.75, 3.05) is 36.5 Å². The van der Waals surface area contributed by atoms with E-state index in [-0.39, 0.29) is 53.9 Å². The SMILES string of the molecule is COc1ccc(C(C)C)cc1C1=C(CN(Cc2cc(C(F)(F)F)cc(C(F)(F)F)c2)c2ncc(N3CCC(NC(C)=O)CC3)cn2)CC(C)(C)CC1. The van der Waals surface area contributed by atoms with E-state index < -0.39 is 23.5 Å². The van der Waals surface area contributed by atoms with Gasteiger partial charge in [0.1, 0.15) is 5.75 Å². The summed E-state index contributed by atoms with van der Waals surface area (Å²) in [6.07, 6.45) is -2.98. The Bertz CT molecular complexity index is 1730. The average molecular weight is 732 g/mol. The minimum atomic E-state index is -4.98. The molecule has 0 unspecified atom stereocenters. The number of hydrogen-bond donors (Lipinski definition) is 1. The van der Waals surface area contributed by atoms with Crippen molar-refractivity contribution in [2.45, 2.75) is 97.6 Å². The van der Waals surface area contributed by atoms with Gasteiger partial charge in [-0.25, -0.2) is 9.97 Å². The summed E-state index contributed by atoms with van der Waals surface area (Å²) in [7, 11) is 1.61. The number of carbonyl (C=O) groups is 1. The summed E-state index contributed by atoms with van der Waals surface area (Å²) in [6.45, 7) is 11.2. The van der Waals surface area contributed by atoms with Gasteiger partial charge in [-0.15, -0.1) is 0 Å². The van der Waals surface area contributed by atoms with E-state index in [1.807, 2.05) is 12.1 Å². The van der Waals surface area contributed by atoms with E-state index in [9.17, 15) is 31.1 Å². The highest BCUT2D eigenvalue weighted by Gasteiger charge is 2.37. The lowest BCUT2D eigenvalue weighted by molar-refractivity contribution is -0.143. The van der Waals surface area contributed by atoms with Gasteiger partial charge in [-0.2, -0.15) is 26.3 Å². The number of nitrogens with one attached hydrogen (secondary N) is 1. The van der Waals surface area contributed by atoms with Crippen molar-refractivity contribution in [1.29, 1.82) is 0 Å². The van der Waals surface area contributed by atoms with Crippen LogP contribution in [0.5, 0.6) is 5.75 Å². The molecule has 0 bridgehead atoms. The molecular formula is C39H47F6N5O2. The summed E-state index contributed by atoms with van der Waals surface area (Å²) in [5.74, 6) is 1.04. The zero-order valence-corrected chi connectivity index (χ0v) is 30.5. The first-order valence-corrected chi connectivity index (χ1v) is 17.6. The minimum absolute atomic E-state index is 0.0700. The number of halogens is 6. The third-order valence-corrected chi connectivity index (χ3v) is 9.96. The van der Waals surface area contributed by atoms with E-state index in [4.69, 9.17) is 4.74 Å². The first-order valence-electron chi connectivity index (χ1n) is 17.6. The van der Waals surface area contributed by atoms with Crippen LogP contribution >= 0.6 is 0 Å². The molecule has 1 amide bonds. The normalized spacial score (nSPS) is 17.1. The number of carbonyl (C=O) groups excluding carboxylic acids is 1. The molecule has 282 valence electrons. The molecule has 1 aromatic heterocycles. The van der Waals surface area contributed by atoms with Crippen LogP contribution in [0.4, 0.5) is 38.0 Å². The lowest BCUT2D eigenvalue weighted by atomic mass is 9.72. The zero-order chi connectivity index (χ0) is 38.0. The number of rotatable bonds is 10. The van der Waals surface area contributed by atoms with Crippen LogP contribution in [-0.2, 0) is 23.7 Å². The van der Waals surface area contributed by atoms with Crippen LogP contribution in [-0.4, -0.2) is 48.7 Å².